The summed E-state index contributed by atoms with van der Waals surface area (Å²) >= 11 is 0. The first-order valence-corrected chi connectivity index (χ1v) is 5.86. The van der Waals surface area contributed by atoms with Gasteiger partial charge in [-0.05, 0) is 37.6 Å². The van der Waals surface area contributed by atoms with Crippen molar-refractivity contribution in [3.63, 3.8) is 0 Å². The maximum atomic E-state index is 5.88. The maximum Gasteiger partial charge on any atom is 0.128 e. The lowest BCUT2D eigenvalue weighted by atomic mass is 10.2. The Hall–Kier alpha value is -1.48. The van der Waals surface area contributed by atoms with E-state index in [2.05, 4.69) is 22.4 Å². The van der Waals surface area contributed by atoms with Crippen LogP contribution >= 0.6 is 0 Å². The lowest BCUT2D eigenvalue weighted by molar-refractivity contribution is 0.280. The number of fused-ring (bicyclic) bond motifs is 1. The van der Waals surface area contributed by atoms with E-state index in [9.17, 15) is 0 Å². The number of rotatable bonds is 3. The van der Waals surface area contributed by atoms with Gasteiger partial charge in [0.25, 0.3) is 0 Å². The fourth-order valence-corrected chi connectivity index (χ4v) is 2.27. The van der Waals surface area contributed by atoms with E-state index in [1.165, 1.54) is 18.2 Å². The molecule has 1 fully saturated rings. The quantitative estimate of drug-likeness (QED) is 0.826. The number of aromatic amines is 1. The van der Waals surface area contributed by atoms with Crippen molar-refractivity contribution in [2.45, 2.75) is 18.9 Å². The number of aromatic nitrogens is 1. The molecule has 0 aliphatic carbocycles. The van der Waals surface area contributed by atoms with Crippen LogP contribution in [0.5, 0.6) is 5.75 Å². The molecule has 1 unspecified atom stereocenters. The second kappa shape index (κ2) is 4.18. The average molecular weight is 216 g/mol. The standard InChI is InChI=1S/C13H16N2O/c1-4-12-11(6-8-15-12)13(5-1)16-9-10-3-2-7-14-10/h1,4-6,8,10,14-15H,2-3,7,9H2. The third-order valence-corrected chi connectivity index (χ3v) is 3.16. The van der Waals surface area contributed by atoms with Crippen molar-refractivity contribution in [3.05, 3.63) is 30.5 Å². The Morgan fingerprint density at radius 2 is 2.31 bits per heavy atom. The van der Waals surface area contributed by atoms with Gasteiger partial charge in [-0.3, -0.25) is 0 Å². The summed E-state index contributed by atoms with van der Waals surface area (Å²) in [5.41, 5.74) is 1.14. The predicted octanol–water partition coefficient (Wildman–Crippen LogP) is 2.30. The van der Waals surface area contributed by atoms with Crippen LogP contribution in [-0.2, 0) is 0 Å². The Bertz CT molecular complexity index is 471. The first-order chi connectivity index (χ1) is 7.93. The lowest BCUT2D eigenvalue weighted by Crippen LogP contribution is -2.28. The van der Waals surface area contributed by atoms with Crippen LogP contribution in [0.1, 0.15) is 12.8 Å². The summed E-state index contributed by atoms with van der Waals surface area (Å²) in [6.07, 6.45) is 4.44. The molecule has 2 heterocycles. The SMILES string of the molecule is c1cc(OCC2CCCN2)c2cc[nH]c2c1. The molecular weight excluding hydrogens is 200 g/mol. The predicted molar refractivity (Wildman–Crippen MR) is 64.8 cm³/mol. The molecule has 0 saturated carbocycles. The number of ether oxygens (including phenoxy) is 1. The first kappa shape index (κ1) is 9.73. The van der Waals surface area contributed by atoms with E-state index < -0.39 is 0 Å². The molecule has 1 atom stereocenters. The van der Waals surface area contributed by atoms with Crippen LogP contribution in [0.4, 0.5) is 0 Å². The second-order valence-corrected chi connectivity index (χ2v) is 4.30. The normalized spacial score (nSPS) is 20.4. The Labute approximate surface area is 94.8 Å². The van der Waals surface area contributed by atoms with Gasteiger partial charge < -0.3 is 15.0 Å². The number of nitrogens with one attached hydrogen (secondary N) is 2. The minimum Gasteiger partial charge on any atom is -0.491 e. The molecule has 0 radical (unpaired) electrons. The van der Waals surface area contributed by atoms with Crippen LogP contribution in [0.25, 0.3) is 10.9 Å². The number of benzene rings is 1. The molecule has 1 aliphatic rings. The highest BCUT2D eigenvalue weighted by Crippen LogP contribution is 2.24. The Morgan fingerprint density at radius 1 is 1.31 bits per heavy atom. The Morgan fingerprint density at radius 3 is 3.19 bits per heavy atom. The second-order valence-electron chi connectivity index (χ2n) is 4.30. The molecule has 3 heteroatoms. The summed E-state index contributed by atoms with van der Waals surface area (Å²) in [6, 6.07) is 8.71. The van der Waals surface area contributed by atoms with Crippen molar-refractivity contribution in [2.24, 2.45) is 0 Å². The molecule has 0 bridgehead atoms. The molecule has 3 nitrogen and oxygen atoms in total. The maximum absolute atomic E-state index is 5.88. The van der Waals surface area contributed by atoms with Crippen LogP contribution in [0.3, 0.4) is 0 Å². The molecule has 84 valence electrons. The lowest BCUT2D eigenvalue weighted by Gasteiger charge is -2.12. The summed E-state index contributed by atoms with van der Waals surface area (Å²) in [4.78, 5) is 3.19. The molecule has 2 aromatic rings. The topological polar surface area (TPSA) is 37.0 Å². The van der Waals surface area contributed by atoms with E-state index in [0.717, 1.165) is 24.4 Å². The Balaban J connectivity index is 1.75. The Kier molecular flexibility index (Phi) is 2.54. The third kappa shape index (κ3) is 1.78. The zero-order chi connectivity index (χ0) is 10.8. The molecule has 1 aliphatic heterocycles. The molecule has 2 N–H and O–H groups in total. The van der Waals surface area contributed by atoms with Gasteiger partial charge in [0.2, 0.25) is 0 Å². The molecule has 16 heavy (non-hydrogen) atoms. The summed E-state index contributed by atoms with van der Waals surface area (Å²) < 4.78 is 5.88. The zero-order valence-corrected chi connectivity index (χ0v) is 9.20. The van der Waals surface area contributed by atoms with Gasteiger partial charge in [0.1, 0.15) is 12.4 Å². The molecule has 0 spiro atoms. The van der Waals surface area contributed by atoms with Gasteiger partial charge in [0.15, 0.2) is 0 Å². The molecule has 1 aromatic heterocycles. The number of hydrogen-bond acceptors (Lipinski definition) is 2. The number of H-pyrrole nitrogens is 1. The largest absolute Gasteiger partial charge is 0.491 e. The first-order valence-electron chi connectivity index (χ1n) is 5.86. The van der Waals surface area contributed by atoms with Gasteiger partial charge in [-0.1, -0.05) is 6.07 Å². The minimum atomic E-state index is 0.522. The van der Waals surface area contributed by atoms with Crippen LogP contribution in [0.15, 0.2) is 30.5 Å². The van der Waals surface area contributed by atoms with Crippen LogP contribution < -0.4 is 10.1 Å². The van der Waals surface area contributed by atoms with Crippen LogP contribution in [-0.4, -0.2) is 24.2 Å². The van der Waals surface area contributed by atoms with Crippen molar-refractivity contribution >= 4 is 10.9 Å². The molecule has 1 saturated heterocycles. The zero-order valence-electron chi connectivity index (χ0n) is 9.20. The summed E-state index contributed by atoms with van der Waals surface area (Å²) in [6.45, 7) is 1.90. The van der Waals surface area contributed by atoms with Crippen LogP contribution in [0.2, 0.25) is 0 Å². The highest BCUT2D eigenvalue weighted by atomic mass is 16.5. The van der Waals surface area contributed by atoms with E-state index in [4.69, 9.17) is 4.74 Å². The van der Waals surface area contributed by atoms with E-state index in [0.29, 0.717) is 6.04 Å². The van der Waals surface area contributed by atoms with E-state index in [-0.39, 0.29) is 0 Å². The van der Waals surface area contributed by atoms with Gasteiger partial charge in [0, 0.05) is 23.1 Å². The average Bonchev–Trinajstić information content (AvgIpc) is 2.97. The van der Waals surface area contributed by atoms with Gasteiger partial charge in [-0.2, -0.15) is 0 Å². The summed E-state index contributed by atoms with van der Waals surface area (Å²) in [5.74, 6) is 0.979. The summed E-state index contributed by atoms with van der Waals surface area (Å²) in [5, 5.41) is 4.60. The van der Waals surface area contributed by atoms with Gasteiger partial charge in [-0.15, -0.1) is 0 Å². The van der Waals surface area contributed by atoms with E-state index in [1.54, 1.807) is 0 Å². The minimum absolute atomic E-state index is 0.522. The summed E-state index contributed by atoms with van der Waals surface area (Å²) in [7, 11) is 0. The molecule has 3 rings (SSSR count). The van der Waals surface area contributed by atoms with E-state index >= 15 is 0 Å². The van der Waals surface area contributed by atoms with Crippen molar-refractivity contribution in [1.29, 1.82) is 0 Å². The van der Waals surface area contributed by atoms with Crippen LogP contribution in [0, 0.1) is 0 Å². The highest BCUT2D eigenvalue weighted by Gasteiger charge is 2.14. The van der Waals surface area contributed by atoms with Crippen molar-refractivity contribution in [1.82, 2.24) is 10.3 Å². The van der Waals surface area contributed by atoms with E-state index in [1.807, 2.05) is 18.3 Å². The molecular formula is C13H16N2O. The fraction of sp³-hybridized carbons (Fsp3) is 0.385. The monoisotopic (exact) mass is 216 g/mol. The number of hydrogen-bond donors (Lipinski definition) is 2. The molecule has 0 amide bonds. The molecule has 1 aromatic carbocycles. The van der Waals surface area contributed by atoms with Gasteiger partial charge in [0.05, 0.1) is 0 Å². The van der Waals surface area contributed by atoms with Gasteiger partial charge >= 0.3 is 0 Å². The van der Waals surface area contributed by atoms with Crippen molar-refractivity contribution in [2.75, 3.05) is 13.2 Å². The highest BCUT2D eigenvalue weighted by molar-refractivity contribution is 5.85. The van der Waals surface area contributed by atoms with Gasteiger partial charge in [-0.25, -0.2) is 0 Å². The van der Waals surface area contributed by atoms with Crippen molar-refractivity contribution in [3.8, 4) is 5.75 Å². The third-order valence-electron chi connectivity index (χ3n) is 3.16. The van der Waals surface area contributed by atoms with Crippen molar-refractivity contribution < 1.29 is 4.74 Å². The smallest absolute Gasteiger partial charge is 0.128 e. The fourth-order valence-electron chi connectivity index (χ4n) is 2.27.